The molecule has 1 aromatic rings. The maximum Gasteiger partial charge on any atom is 0.0888 e. The van der Waals surface area contributed by atoms with Crippen molar-refractivity contribution in [2.24, 2.45) is 5.92 Å². The Bertz CT molecular complexity index is 278. The fourth-order valence-electron chi connectivity index (χ4n) is 1.83. The minimum Gasteiger partial charge on any atom is -0.373 e. The van der Waals surface area contributed by atoms with Crippen LogP contribution in [0.4, 0.5) is 0 Å². The molecule has 1 heterocycles. The SMILES string of the molecule is C=C[C@H]1CCO[C@H]1c1ccccc1. The van der Waals surface area contributed by atoms with Crippen molar-refractivity contribution >= 4 is 0 Å². The van der Waals surface area contributed by atoms with E-state index in [4.69, 9.17) is 4.74 Å². The fourth-order valence-corrected chi connectivity index (χ4v) is 1.83. The highest BCUT2D eigenvalue weighted by Gasteiger charge is 2.26. The van der Waals surface area contributed by atoms with E-state index in [2.05, 4.69) is 30.8 Å². The van der Waals surface area contributed by atoms with Crippen molar-refractivity contribution in [3.8, 4) is 0 Å². The summed E-state index contributed by atoms with van der Waals surface area (Å²) in [6.07, 6.45) is 3.34. The van der Waals surface area contributed by atoms with E-state index in [9.17, 15) is 0 Å². The standard InChI is InChI=1S/C12H14O/c1-2-10-8-9-13-12(10)11-6-4-3-5-7-11/h2-7,10,12H,1,8-9H2/t10-,12+/m0/s1. The van der Waals surface area contributed by atoms with Crippen LogP contribution in [-0.4, -0.2) is 6.61 Å². The molecule has 2 atom stereocenters. The molecule has 0 unspecified atom stereocenters. The van der Waals surface area contributed by atoms with E-state index in [0.29, 0.717) is 5.92 Å². The molecule has 0 radical (unpaired) electrons. The smallest absolute Gasteiger partial charge is 0.0888 e. The minimum atomic E-state index is 0.235. The summed E-state index contributed by atoms with van der Waals surface area (Å²) >= 11 is 0. The van der Waals surface area contributed by atoms with Crippen LogP contribution in [0.25, 0.3) is 0 Å². The normalized spacial score (nSPS) is 27.4. The monoisotopic (exact) mass is 174 g/mol. The van der Waals surface area contributed by atoms with Crippen LogP contribution in [0.2, 0.25) is 0 Å². The molecule has 2 rings (SSSR count). The molecule has 1 saturated heterocycles. The molecule has 0 amide bonds. The second kappa shape index (κ2) is 3.75. The summed E-state index contributed by atoms with van der Waals surface area (Å²) < 4.78 is 5.67. The summed E-state index contributed by atoms with van der Waals surface area (Å²) in [5, 5.41) is 0. The number of benzene rings is 1. The highest BCUT2D eigenvalue weighted by atomic mass is 16.5. The maximum absolute atomic E-state index is 5.67. The van der Waals surface area contributed by atoms with Crippen molar-refractivity contribution in [2.45, 2.75) is 12.5 Å². The first kappa shape index (κ1) is 8.52. The van der Waals surface area contributed by atoms with Gasteiger partial charge in [0, 0.05) is 12.5 Å². The summed E-state index contributed by atoms with van der Waals surface area (Å²) in [4.78, 5) is 0. The lowest BCUT2D eigenvalue weighted by Gasteiger charge is -2.14. The van der Waals surface area contributed by atoms with Gasteiger partial charge in [0.25, 0.3) is 0 Å². The Morgan fingerprint density at radius 1 is 1.31 bits per heavy atom. The third-order valence-electron chi connectivity index (χ3n) is 2.57. The van der Waals surface area contributed by atoms with Gasteiger partial charge in [0.05, 0.1) is 6.10 Å². The van der Waals surface area contributed by atoms with Crippen LogP contribution in [0.15, 0.2) is 43.0 Å². The van der Waals surface area contributed by atoms with Crippen LogP contribution in [-0.2, 0) is 4.74 Å². The molecule has 0 bridgehead atoms. The van der Waals surface area contributed by atoms with Crippen LogP contribution in [0.3, 0.4) is 0 Å². The highest BCUT2D eigenvalue weighted by Crippen LogP contribution is 2.34. The van der Waals surface area contributed by atoms with Crippen molar-refractivity contribution in [1.29, 1.82) is 0 Å². The summed E-state index contributed by atoms with van der Waals surface area (Å²) in [6, 6.07) is 10.4. The molecule has 0 saturated carbocycles. The predicted molar refractivity (Wildman–Crippen MR) is 53.4 cm³/mol. The van der Waals surface area contributed by atoms with Crippen LogP contribution in [0, 0.1) is 5.92 Å². The molecule has 1 aliphatic heterocycles. The molecular formula is C12H14O. The zero-order valence-electron chi connectivity index (χ0n) is 7.65. The predicted octanol–water partition coefficient (Wildman–Crippen LogP) is 2.95. The molecule has 0 N–H and O–H groups in total. The van der Waals surface area contributed by atoms with E-state index in [1.54, 1.807) is 0 Å². The molecule has 68 valence electrons. The molecule has 0 aromatic heterocycles. The second-order valence-corrected chi connectivity index (χ2v) is 3.39. The van der Waals surface area contributed by atoms with E-state index >= 15 is 0 Å². The minimum absolute atomic E-state index is 0.235. The third kappa shape index (κ3) is 1.65. The molecule has 13 heavy (non-hydrogen) atoms. The molecule has 1 aromatic carbocycles. The molecule has 0 spiro atoms. The van der Waals surface area contributed by atoms with Gasteiger partial charge < -0.3 is 4.74 Å². The Hall–Kier alpha value is -1.08. The Kier molecular flexibility index (Phi) is 2.46. The Labute approximate surface area is 79.0 Å². The lowest BCUT2D eigenvalue weighted by molar-refractivity contribution is 0.0996. The average molecular weight is 174 g/mol. The van der Waals surface area contributed by atoms with Gasteiger partial charge in [0.15, 0.2) is 0 Å². The first-order valence-corrected chi connectivity index (χ1v) is 4.71. The van der Waals surface area contributed by atoms with Crippen LogP contribution in [0.1, 0.15) is 18.1 Å². The molecule has 1 heteroatoms. The van der Waals surface area contributed by atoms with E-state index in [1.165, 1.54) is 5.56 Å². The first-order valence-electron chi connectivity index (χ1n) is 4.71. The fraction of sp³-hybridized carbons (Fsp3) is 0.333. The maximum atomic E-state index is 5.67. The number of hydrogen-bond acceptors (Lipinski definition) is 1. The van der Waals surface area contributed by atoms with Crippen molar-refractivity contribution < 1.29 is 4.74 Å². The summed E-state index contributed by atoms with van der Waals surface area (Å²) in [7, 11) is 0. The zero-order chi connectivity index (χ0) is 9.10. The highest BCUT2D eigenvalue weighted by molar-refractivity contribution is 5.20. The number of rotatable bonds is 2. The van der Waals surface area contributed by atoms with Gasteiger partial charge in [0.1, 0.15) is 0 Å². The van der Waals surface area contributed by atoms with Crippen LogP contribution in [0.5, 0.6) is 0 Å². The van der Waals surface area contributed by atoms with Gasteiger partial charge in [-0.25, -0.2) is 0 Å². The summed E-state index contributed by atoms with van der Waals surface area (Å²) in [5.74, 6) is 0.488. The van der Waals surface area contributed by atoms with E-state index in [-0.39, 0.29) is 6.10 Å². The van der Waals surface area contributed by atoms with Crippen LogP contribution >= 0.6 is 0 Å². The quantitative estimate of drug-likeness (QED) is 0.626. The van der Waals surface area contributed by atoms with Crippen molar-refractivity contribution in [2.75, 3.05) is 6.61 Å². The van der Waals surface area contributed by atoms with Gasteiger partial charge in [-0.2, -0.15) is 0 Å². The molecule has 1 nitrogen and oxygen atoms in total. The van der Waals surface area contributed by atoms with Crippen molar-refractivity contribution in [1.82, 2.24) is 0 Å². The lowest BCUT2D eigenvalue weighted by Crippen LogP contribution is -2.04. The van der Waals surface area contributed by atoms with E-state index in [1.807, 2.05) is 12.1 Å². The molecular weight excluding hydrogens is 160 g/mol. The van der Waals surface area contributed by atoms with Crippen molar-refractivity contribution in [3.63, 3.8) is 0 Å². The topological polar surface area (TPSA) is 9.23 Å². The largest absolute Gasteiger partial charge is 0.373 e. The molecule has 0 aliphatic carbocycles. The van der Waals surface area contributed by atoms with Gasteiger partial charge in [-0.1, -0.05) is 36.4 Å². The van der Waals surface area contributed by atoms with Crippen LogP contribution < -0.4 is 0 Å². The van der Waals surface area contributed by atoms with Gasteiger partial charge in [-0.15, -0.1) is 6.58 Å². The zero-order valence-corrected chi connectivity index (χ0v) is 7.65. The molecule has 1 fully saturated rings. The Morgan fingerprint density at radius 2 is 2.08 bits per heavy atom. The Morgan fingerprint density at radius 3 is 2.77 bits per heavy atom. The van der Waals surface area contributed by atoms with Gasteiger partial charge in [-0.3, -0.25) is 0 Å². The van der Waals surface area contributed by atoms with E-state index in [0.717, 1.165) is 13.0 Å². The van der Waals surface area contributed by atoms with Crippen molar-refractivity contribution in [3.05, 3.63) is 48.6 Å². The van der Waals surface area contributed by atoms with Gasteiger partial charge >= 0.3 is 0 Å². The molecule has 1 aliphatic rings. The number of hydrogen-bond donors (Lipinski definition) is 0. The summed E-state index contributed by atoms with van der Waals surface area (Å²) in [5.41, 5.74) is 1.27. The van der Waals surface area contributed by atoms with E-state index < -0.39 is 0 Å². The first-order chi connectivity index (χ1) is 6.42. The lowest BCUT2D eigenvalue weighted by atomic mass is 9.96. The number of ether oxygens (including phenoxy) is 1. The third-order valence-corrected chi connectivity index (χ3v) is 2.57. The van der Waals surface area contributed by atoms with Gasteiger partial charge in [0.2, 0.25) is 0 Å². The average Bonchev–Trinajstić information content (AvgIpc) is 2.67. The second-order valence-electron chi connectivity index (χ2n) is 3.39. The summed E-state index contributed by atoms with van der Waals surface area (Å²) in [6.45, 7) is 4.70. The Balaban J connectivity index is 2.21. The van der Waals surface area contributed by atoms with Gasteiger partial charge in [-0.05, 0) is 12.0 Å².